The van der Waals surface area contributed by atoms with Crippen molar-refractivity contribution in [3.05, 3.63) is 58.6 Å². The van der Waals surface area contributed by atoms with Gasteiger partial charge in [-0.3, -0.25) is 0 Å². The Morgan fingerprint density at radius 3 is 2.53 bits per heavy atom. The van der Waals surface area contributed by atoms with Crippen molar-refractivity contribution in [3.63, 3.8) is 0 Å². The van der Waals surface area contributed by atoms with Crippen molar-refractivity contribution in [3.8, 4) is 11.1 Å². The van der Waals surface area contributed by atoms with Crippen molar-refractivity contribution in [1.82, 2.24) is 5.32 Å². The molecule has 2 aromatic carbocycles. The number of rotatable bonds is 4. The van der Waals surface area contributed by atoms with Crippen molar-refractivity contribution in [2.24, 2.45) is 0 Å². The molecule has 0 aliphatic heterocycles. The van der Waals surface area contributed by atoms with Gasteiger partial charge in [0.05, 0.1) is 0 Å². The van der Waals surface area contributed by atoms with E-state index in [1.54, 1.807) is 18.2 Å². The minimum absolute atomic E-state index is 0.271. The zero-order valence-electron chi connectivity index (χ0n) is 10.5. The van der Waals surface area contributed by atoms with Crippen LogP contribution in [-0.4, -0.2) is 6.54 Å². The van der Waals surface area contributed by atoms with Gasteiger partial charge in [-0.15, -0.1) is 0 Å². The largest absolute Gasteiger partial charge is 0.313 e. The summed E-state index contributed by atoms with van der Waals surface area (Å²) >= 11 is 5.83. The van der Waals surface area contributed by atoms with E-state index in [-0.39, 0.29) is 5.82 Å². The molecule has 19 heavy (non-hydrogen) atoms. The first-order chi connectivity index (χ1) is 9.10. The van der Waals surface area contributed by atoms with E-state index in [1.807, 2.05) is 6.92 Å². The van der Waals surface area contributed by atoms with Gasteiger partial charge >= 0.3 is 0 Å². The molecule has 0 spiro atoms. The predicted octanol–water partition coefficient (Wildman–Crippen LogP) is 4.39. The summed E-state index contributed by atoms with van der Waals surface area (Å²) in [4.78, 5) is 0. The van der Waals surface area contributed by atoms with Crippen molar-refractivity contribution in [2.45, 2.75) is 13.5 Å². The van der Waals surface area contributed by atoms with Gasteiger partial charge in [0.2, 0.25) is 0 Å². The third-order valence-corrected chi connectivity index (χ3v) is 3.03. The average Bonchev–Trinajstić information content (AvgIpc) is 2.36. The van der Waals surface area contributed by atoms with Gasteiger partial charge in [-0.25, -0.2) is 8.78 Å². The summed E-state index contributed by atoms with van der Waals surface area (Å²) < 4.78 is 27.0. The fourth-order valence-electron chi connectivity index (χ4n) is 1.87. The van der Waals surface area contributed by atoms with Crippen LogP contribution < -0.4 is 5.32 Å². The van der Waals surface area contributed by atoms with Crippen LogP contribution in [0.15, 0.2) is 36.4 Å². The topological polar surface area (TPSA) is 12.0 Å². The molecule has 0 amide bonds. The molecule has 0 aliphatic rings. The van der Waals surface area contributed by atoms with Gasteiger partial charge < -0.3 is 5.32 Å². The molecule has 0 fully saturated rings. The minimum Gasteiger partial charge on any atom is -0.313 e. The summed E-state index contributed by atoms with van der Waals surface area (Å²) in [6.07, 6.45) is 0. The standard InChI is InChI=1S/C15H14ClF2N/c1-2-19-9-12-5-10(3-4-15(12)18)11-6-13(16)8-14(17)7-11/h3-8,19H,2,9H2,1H3. The molecule has 0 radical (unpaired) electrons. The second-order valence-electron chi connectivity index (χ2n) is 4.24. The summed E-state index contributed by atoms with van der Waals surface area (Å²) in [5.41, 5.74) is 1.94. The second kappa shape index (κ2) is 6.13. The highest BCUT2D eigenvalue weighted by Crippen LogP contribution is 2.26. The first-order valence-electron chi connectivity index (χ1n) is 6.05. The molecule has 4 heteroatoms. The van der Waals surface area contributed by atoms with Crippen LogP contribution in [0.25, 0.3) is 11.1 Å². The van der Waals surface area contributed by atoms with Crippen LogP contribution >= 0.6 is 11.6 Å². The Bertz CT molecular complexity index is 564. The molecule has 0 aliphatic carbocycles. The van der Waals surface area contributed by atoms with E-state index >= 15 is 0 Å². The van der Waals surface area contributed by atoms with Crippen LogP contribution in [-0.2, 0) is 6.54 Å². The molecule has 0 heterocycles. The molecule has 2 rings (SSSR count). The Balaban J connectivity index is 2.39. The van der Waals surface area contributed by atoms with E-state index in [2.05, 4.69) is 5.32 Å². The highest BCUT2D eigenvalue weighted by atomic mass is 35.5. The summed E-state index contributed by atoms with van der Waals surface area (Å²) in [6, 6.07) is 9.01. The lowest BCUT2D eigenvalue weighted by molar-refractivity contribution is 0.593. The fourth-order valence-corrected chi connectivity index (χ4v) is 2.09. The molecule has 0 atom stereocenters. The van der Waals surface area contributed by atoms with Crippen LogP contribution in [0.3, 0.4) is 0 Å². The molecular formula is C15H14ClF2N. The van der Waals surface area contributed by atoms with Gasteiger partial charge in [0, 0.05) is 17.1 Å². The molecule has 0 saturated heterocycles. The lowest BCUT2D eigenvalue weighted by atomic mass is 10.0. The van der Waals surface area contributed by atoms with E-state index in [1.165, 1.54) is 18.2 Å². The molecule has 2 aromatic rings. The van der Waals surface area contributed by atoms with Gasteiger partial charge in [0.1, 0.15) is 11.6 Å². The van der Waals surface area contributed by atoms with Crippen LogP contribution in [0.1, 0.15) is 12.5 Å². The quantitative estimate of drug-likeness (QED) is 0.876. The lowest BCUT2D eigenvalue weighted by Gasteiger charge is -2.08. The van der Waals surface area contributed by atoms with Crippen LogP contribution in [0.4, 0.5) is 8.78 Å². The Hall–Kier alpha value is -1.45. The lowest BCUT2D eigenvalue weighted by Crippen LogP contribution is -2.12. The summed E-state index contributed by atoms with van der Waals surface area (Å²) in [6.45, 7) is 3.16. The smallest absolute Gasteiger partial charge is 0.127 e. The van der Waals surface area contributed by atoms with Crippen molar-refractivity contribution in [1.29, 1.82) is 0 Å². The maximum atomic E-state index is 13.6. The number of hydrogen-bond acceptors (Lipinski definition) is 1. The zero-order chi connectivity index (χ0) is 13.8. The average molecular weight is 282 g/mol. The van der Waals surface area contributed by atoms with Crippen LogP contribution in [0.2, 0.25) is 5.02 Å². The Morgan fingerprint density at radius 1 is 1.05 bits per heavy atom. The SMILES string of the molecule is CCNCc1cc(-c2cc(F)cc(Cl)c2)ccc1F. The van der Waals surface area contributed by atoms with Gasteiger partial charge in [-0.1, -0.05) is 24.6 Å². The van der Waals surface area contributed by atoms with E-state index in [4.69, 9.17) is 11.6 Å². The maximum absolute atomic E-state index is 13.6. The third kappa shape index (κ3) is 3.52. The Kier molecular flexibility index (Phi) is 4.51. The molecule has 0 saturated carbocycles. The van der Waals surface area contributed by atoms with Crippen molar-refractivity contribution < 1.29 is 8.78 Å². The normalized spacial score (nSPS) is 10.7. The molecule has 0 bridgehead atoms. The van der Waals surface area contributed by atoms with Crippen LogP contribution in [0.5, 0.6) is 0 Å². The van der Waals surface area contributed by atoms with E-state index in [0.717, 1.165) is 12.1 Å². The van der Waals surface area contributed by atoms with Gasteiger partial charge in [-0.2, -0.15) is 0 Å². The first kappa shape index (κ1) is 14.0. The van der Waals surface area contributed by atoms with Gasteiger partial charge in [0.25, 0.3) is 0 Å². The minimum atomic E-state index is -0.403. The van der Waals surface area contributed by atoms with Crippen molar-refractivity contribution >= 4 is 11.6 Å². The highest BCUT2D eigenvalue weighted by Gasteiger charge is 2.07. The number of hydrogen-bond donors (Lipinski definition) is 1. The summed E-state index contributed by atoms with van der Waals surface area (Å²) in [5.74, 6) is -0.674. The third-order valence-electron chi connectivity index (χ3n) is 2.81. The van der Waals surface area contributed by atoms with Crippen molar-refractivity contribution in [2.75, 3.05) is 6.54 Å². The van der Waals surface area contributed by atoms with E-state index in [0.29, 0.717) is 22.7 Å². The van der Waals surface area contributed by atoms with Gasteiger partial charge in [-0.05, 0) is 48.0 Å². The molecule has 0 aromatic heterocycles. The summed E-state index contributed by atoms with van der Waals surface area (Å²) in [7, 11) is 0. The van der Waals surface area contributed by atoms with E-state index < -0.39 is 5.82 Å². The molecular weight excluding hydrogens is 268 g/mol. The van der Waals surface area contributed by atoms with Gasteiger partial charge in [0.15, 0.2) is 0 Å². The number of nitrogens with one attached hydrogen (secondary N) is 1. The highest BCUT2D eigenvalue weighted by molar-refractivity contribution is 6.30. The Labute approximate surface area is 116 Å². The zero-order valence-corrected chi connectivity index (χ0v) is 11.3. The second-order valence-corrected chi connectivity index (χ2v) is 4.68. The fraction of sp³-hybridized carbons (Fsp3) is 0.200. The maximum Gasteiger partial charge on any atom is 0.127 e. The summed E-state index contributed by atoms with van der Waals surface area (Å²) in [5, 5.41) is 3.39. The molecule has 100 valence electrons. The monoisotopic (exact) mass is 281 g/mol. The molecule has 1 nitrogen and oxygen atoms in total. The van der Waals surface area contributed by atoms with Crippen LogP contribution in [0, 0.1) is 11.6 Å². The Morgan fingerprint density at radius 2 is 1.84 bits per heavy atom. The predicted molar refractivity (Wildman–Crippen MR) is 74.2 cm³/mol. The number of benzene rings is 2. The molecule has 1 N–H and O–H groups in total. The molecule has 0 unspecified atom stereocenters. The first-order valence-corrected chi connectivity index (χ1v) is 6.43. The number of halogens is 3. The van der Waals surface area contributed by atoms with E-state index in [9.17, 15) is 8.78 Å².